The van der Waals surface area contributed by atoms with Crippen LogP contribution in [0.3, 0.4) is 0 Å². The van der Waals surface area contributed by atoms with Gasteiger partial charge in [0.1, 0.15) is 17.3 Å². The molecular weight excluding hydrogens is 293 g/mol. The standard InChI is InChI=1S/C16H17ClFNO2/c1-20-12-7-11(8-13(9-12)21-2)16(19)6-10-3-4-14(17)15(18)5-10/h3-5,7-9,16H,6,19H2,1-2H3. The smallest absolute Gasteiger partial charge is 0.142 e. The Morgan fingerprint density at radius 2 is 1.71 bits per heavy atom. The first kappa shape index (κ1) is 15.6. The number of hydrogen-bond acceptors (Lipinski definition) is 3. The maximum atomic E-state index is 13.5. The summed E-state index contributed by atoms with van der Waals surface area (Å²) in [6, 6.07) is 9.87. The first-order valence-corrected chi connectivity index (χ1v) is 6.83. The summed E-state index contributed by atoms with van der Waals surface area (Å²) in [6.45, 7) is 0. The molecule has 2 aromatic carbocycles. The number of ether oxygens (including phenoxy) is 2. The van der Waals surface area contributed by atoms with Crippen LogP contribution in [-0.4, -0.2) is 14.2 Å². The van der Waals surface area contributed by atoms with Gasteiger partial charge in [-0.3, -0.25) is 0 Å². The van der Waals surface area contributed by atoms with Crippen molar-refractivity contribution in [2.45, 2.75) is 12.5 Å². The molecule has 2 N–H and O–H groups in total. The molecule has 2 aromatic rings. The molecule has 0 fully saturated rings. The number of halogens is 2. The lowest BCUT2D eigenvalue weighted by molar-refractivity contribution is 0.392. The quantitative estimate of drug-likeness (QED) is 0.915. The highest BCUT2D eigenvalue weighted by Crippen LogP contribution is 2.27. The second-order valence-electron chi connectivity index (χ2n) is 4.71. The molecule has 21 heavy (non-hydrogen) atoms. The average Bonchev–Trinajstić information content (AvgIpc) is 2.50. The minimum Gasteiger partial charge on any atom is -0.497 e. The molecule has 0 saturated heterocycles. The highest BCUT2D eigenvalue weighted by Gasteiger charge is 2.12. The molecule has 0 aliphatic rings. The topological polar surface area (TPSA) is 44.5 Å². The van der Waals surface area contributed by atoms with Gasteiger partial charge in [0.05, 0.1) is 19.2 Å². The summed E-state index contributed by atoms with van der Waals surface area (Å²) in [6.07, 6.45) is 0.490. The van der Waals surface area contributed by atoms with Crippen molar-refractivity contribution < 1.29 is 13.9 Å². The largest absolute Gasteiger partial charge is 0.497 e. The zero-order valence-electron chi connectivity index (χ0n) is 11.9. The Labute approximate surface area is 128 Å². The second-order valence-corrected chi connectivity index (χ2v) is 5.11. The van der Waals surface area contributed by atoms with Gasteiger partial charge in [0.15, 0.2) is 0 Å². The van der Waals surface area contributed by atoms with Gasteiger partial charge in [-0.1, -0.05) is 17.7 Å². The minimum atomic E-state index is -0.440. The second kappa shape index (κ2) is 6.78. The van der Waals surface area contributed by atoms with Crippen LogP contribution in [0, 0.1) is 5.82 Å². The maximum Gasteiger partial charge on any atom is 0.142 e. The van der Waals surface area contributed by atoms with E-state index in [1.165, 1.54) is 12.1 Å². The summed E-state index contributed by atoms with van der Waals surface area (Å²) in [5, 5.41) is 0.107. The van der Waals surface area contributed by atoms with Crippen molar-refractivity contribution >= 4 is 11.6 Å². The van der Waals surface area contributed by atoms with Crippen LogP contribution in [0.5, 0.6) is 11.5 Å². The minimum absolute atomic E-state index is 0.107. The summed E-state index contributed by atoms with van der Waals surface area (Å²) in [5.74, 6) is 0.897. The van der Waals surface area contributed by atoms with E-state index in [1.807, 2.05) is 12.1 Å². The first-order valence-electron chi connectivity index (χ1n) is 6.46. The number of rotatable bonds is 5. The van der Waals surface area contributed by atoms with Crippen LogP contribution in [0.4, 0.5) is 4.39 Å². The van der Waals surface area contributed by atoms with E-state index in [0.29, 0.717) is 17.9 Å². The third-order valence-corrected chi connectivity index (χ3v) is 3.55. The van der Waals surface area contributed by atoms with E-state index in [1.54, 1.807) is 26.4 Å². The molecule has 1 unspecified atom stereocenters. The van der Waals surface area contributed by atoms with Gasteiger partial charge in [0.2, 0.25) is 0 Å². The van der Waals surface area contributed by atoms with Gasteiger partial charge >= 0.3 is 0 Å². The van der Waals surface area contributed by atoms with Gasteiger partial charge in [-0.15, -0.1) is 0 Å². The van der Waals surface area contributed by atoms with Gasteiger partial charge in [-0.05, 0) is 41.8 Å². The molecule has 3 nitrogen and oxygen atoms in total. The highest BCUT2D eigenvalue weighted by molar-refractivity contribution is 6.30. The van der Waals surface area contributed by atoms with Gasteiger partial charge in [0, 0.05) is 12.1 Å². The zero-order valence-corrected chi connectivity index (χ0v) is 12.7. The summed E-state index contributed by atoms with van der Waals surface area (Å²) in [4.78, 5) is 0. The van der Waals surface area contributed by atoms with Crippen LogP contribution in [-0.2, 0) is 6.42 Å². The fourth-order valence-corrected chi connectivity index (χ4v) is 2.20. The fraction of sp³-hybridized carbons (Fsp3) is 0.250. The highest BCUT2D eigenvalue weighted by atomic mass is 35.5. The van der Waals surface area contributed by atoms with Gasteiger partial charge in [-0.2, -0.15) is 0 Å². The average molecular weight is 310 g/mol. The van der Waals surface area contributed by atoms with Crippen molar-refractivity contribution in [3.05, 3.63) is 58.4 Å². The first-order chi connectivity index (χ1) is 10.0. The summed E-state index contributed by atoms with van der Waals surface area (Å²) in [7, 11) is 3.16. The molecule has 0 amide bonds. The lowest BCUT2D eigenvalue weighted by atomic mass is 9.99. The van der Waals surface area contributed by atoms with Crippen molar-refractivity contribution in [1.29, 1.82) is 0 Å². The molecule has 5 heteroatoms. The zero-order chi connectivity index (χ0) is 15.4. The summed E-state index contributed by atoms with van der Waals surface area (Å²) in [5.41, 5.74) is 7.84. The van der Waals surface area contributed by atoms with Crippen molar-refractivity contribution in [2.75, 3.05) is 14.2 Å². The molecule has 1 atom stereocenters. The fourth-order valence-electron chi connectivity index (χ4n) is 2.08. The van der Waals surface area contributed by atoms with Crippen LogP contribution >= 0.6 is 11.6 Å². The Kier molecular flexibility index (Phi) is 5.04. The molecular formula is C16H17ClFNO2. The van der Waals surface area contributed by atoms with Gasteiger partial charge in [-0.25, -0.2) is 4.39 Å². The van der Waals surface area contributed by atoms with Crippen molar-refractivity contribution in [3.8, 4) is 11.5 Å². The van der Waals surface area contributed by atoms with E-state index in [9.17, 15) is 4.39 Å². The molecule has 2 rings (SSSR count). The van der Waals surface area contributed by atoms with Gasteiger partial charge < -0.3 is 15.2 Å². The Morgan fingerprint density at radius 1 is 1.10 bits per heavy atom. The van der Waals surface area contributed by atoms with Gasteiger partial charge in [0.25, 0.3) is 0 Å². The Hall–Kier alpha value is -1.78. The maximum absolute atomic E-state index is 13.5. The van der Waals surface area contributed by atoms with E-state index in [-0.39, 0.29) is 11.1 Å². The molecule has 0 saturated carbocycles. The lowest BCUT2D eigenvalue weighted by Crippen LogP contribution is -2.13. The normalized spacial score (nSPS) is 12.0. The molecule has 0 heterocycles. The molecule has 0 spiro atoms. The molecule has 0 aliphatic carbocycles. The third kappa shape index (κ3) is 3.86. The Bertz CT molecular complexity index is 611. The van der Waals surface area contributed by atoms with E-state index in [2.05, 4.69) is 0 Å². The van der Waals surface area contributed by atoms with Crippen LogP contribution in [0.2, 0.25) is 5.02 Å². The number of benzene rings is 2. The van der Waals surface area contributed by atoms with E-state index < -0.39 is 5.82 Å². The number of methoxy groups -OCH3 is 2. The third-order valence-electron chi connectivity index (χ3n) is 3.24. The van der Waals surface area contributed by atoms with Crippen molar-refractivity contribution in [1.82, 2.24) is 0 Å². The lowest BCUT2D eigenvalue weighted by Gasteiger charge is -2.15. The summed E-state index contributed by atoms with van der Waals surface area (Å²) >= 11 is 5.67. The van der Waals surface area contributed by atoms with Crippen molar-refractivity contribution in [3.63, 3.8) is 0 Å². The van der Waals surface area contributed by atoms with Crippen LogP contribution in [0.15, 0.2) is 36.4 Å². The van der Waals surface area contributed by atoms with E-state index >= 15 is 0 Å². The van der Waals surface area contributed by atoms with Crippen LogP contribution < -0.4 is 15.2 Å². The monoisotopic (exact) mass is 309 g/mol. The van der Waals surface area contributed by atoms with E-state index in [0.717, 1.165) is 11.1 Å². The number of hydrogen-bond donors (Lipinski definition) is 1. The van der Waals surface area contributed by atoms with Crippen LogP contribution in [0.25, 0.3) is 0 Å². The van der Waals surface area contributed by atoms with Crippen LogP contribution in [0.1, 0.15) is 17.2 Å². The Balaban J connectivity index is 2.22. The summed E-state index contributed by atoms with van der Waals surface area (Å²) < 4.78 is 23.9. The SMILES string of the molecule is COc1cc(OC)cc(C(N)Cc2ccc(Cl)c(F)c2)c1. The molecule has 0 bridgehead atoms. The Morgan fingerprint density at radius 3 is 2.24 bits per heavy atom. The molecule has 0 aliphatic heterocycles. The van der Waals surface area contributed by atoms with Crippen molar-refractivity contribution in [2.24, 2.45) is 5.73 Å². The predicted molar refractivity (Wildman–Crippen MR) is 81.6 cm³/mol. The molecule has 0 aromatic heterocycles. The predicted octanol–water partition coefficient (Wildman–Crippen LogP) is 3.74. The number of nitrogens with two attached hydrogens (primary N) is 1. The molecule has 112 valence electrons. The van der Waals surface area contributed by atoms with E-state index in [4.69, 9.17) is 26.8 Å². The molecule has 0 radical (unpaired) electrons.